The van der Waals surface area contributed by atoms with Gasteiger partial charge in [0.2, 0.25) is 5.91 Å². The van der Waals surface area contributed by atoms with Crippen LogP contribution < -0.4 is 16.0 Å². The summed E-state index contributed by atoms with van der Waals surface area (Å²) in [5.41, 5.74) is 0.806. The second kappa shape index (κ2) is 9.18. The van der Waals surface area contributed by atoms with Crippen molar-refractivity contribution < 1.29 is 22.8 Å². The van der Waals surface area contributed by atoms with E-state index in [4.69, 9.17) is 0 Å². The van der Waals surface area contributed by atoms with Crippen molar-refractivity contribution in [2.45, 2.75) is 19.6 Å². The number of benzene rings is 2. The van der Waals surface area contributed by atoms with Crippen LogP contribution in [0.3, 0.4) is 0 Å². The fourth-order valence-electron chi connectivity index (χ4n) is 2.31. The number of nitrogens with one attached hydrogen (secondary N) is 3. The van der Waals surface area contributed by atoms with Crippen LogP contribution in [0.1, 0.15) is 28.4 Å². The van der Waals surface area contributed by atoms with Crippen LogP contribution in [0.15, 0.2) is 48.5 Å². The second-order valence-corrected chi connectivity index (χ2v) is 5.79. The van der Waals surface area contributed by atoms with E-state index in [0.29, 0.717) is 12.2 Å². The first-order valence-electron chi connectivity index (χ1n) is 8.34. The first-order valence-corrected chi connectivity index (χ1v) is 8.34. The van der Waals surface area contributed by atoms with Gasteiger partial charge in [-0.3, -0.25) is 9.59 Å². The van der Waals surface area contributed by atoms with Crippen LogP contribution in [0.2, 0.25) is 0 Å². The molecule has 2 rings (SSSR count). The van der Waals surface area contributed by atoms with Gasteiger partial charge in [0.05, 0.1) is 12.1 Å². The molecule has 2 aromatic rings. The molecule has 0 fully saturated rings. The third-order valence-corrected chi connectivity index (χ3v) is 3.67. The average Bonchev–Trinajstić information content (AvgIpc) is 2.64. The molecule has 0 radical (unpaired) electrons. The molecular formula is C19H20F3N3O2. The number of carbonyl (C=O) groups is 2. The standard InChI is InChI=1S/C19H20F3N3O2/c1-2-23-11-13-4-3-5-16(10-13)25-17(26)12-24-18(27)14-6-8-15(9-7-14)19(20,21)22/h3-10,23H,2,11-12H2,1H3,(H,24,27)(H,25,26). The molecule has 144 valence electrons. The fraction of sp³-hybridized carbons (Fsp3) is 0.263. The Morgan fingerprint density at radius 3 is 2.37 bits per heavy atom. The van der Waals surface area contributed by atoms with E-state index >= 15 is 0 Å². The van der Waals surface area contributed by atoms with Gasteiger partial charge < -0.3 is 16.0 Å². The zero-order valence-electron chi connectivity index (χ0n) is 14.7. The summed E-state index contributed by atoms with van der Waals surface area (Å²) in [6.07, 6.45) is -4.46. The SMILES string of the molecule is CCNCc1cccc(NC(=O)CNC(=O)c2ccc(C(F)(F)F)cc2)c1. The number of hydrogen-bond donors (Lipinski definition) is 3. The zero-order valence-corrected chi connectivity index (χ0v) is 14.7. The van der Waals surface area contributed by atoms with Gasteiger partial charge in [0.15, 0.2) is 0 Å². The summed E-state index contributed by atoms with van der Waals surface area (Å²) in [6, 6.07) is 11.1. The van der Waals surface area contributed by atoms with Crippen LogP contribution in [0.25, 0.3) is 0 Å². The second-order valence-electron chi connectivity index (χ2n) is 5.79. The third-order valence-electron chi connectivity index (χ3n) is 3.67. The first-order chi connectivity index (χ1) is 12.8. The summed E-state index contributed by atoms with van der Waals surface area (Å²) in [7, 11) is 0. The van der Waals surface area contributed by atoms with Gasteiger partial charge in [0.1, 0.15) is 0 Å². The lowest BCUT2D eigenvalue weighted by Gasteiger charge is -2.10. The third kappa shape index (κ3) is 6.41. The minimum atomic E-state index is -4.46. The van der Waals surface area contributed by atoms with E-state index in [1.807, 2.05) is 25.1 Å². The van der Waals surface area contributed by atoms with Gasteiger partial charge in [-0.05, 0) is 48.5 Å². The summed E-state index contributed by atoms with van der Waals surface area (Å²) in [5.74, 6) is -1.06. The highest BCUT2D eigenvalue weighted by atomic mass is 19.4. The molecule has 0 heterocycles. The topological polar surface area (TPSA) is 70.2 Å². The minimum Gasteiger partial charge on any atom is -0.343 e. The zero-order chi connectivity index (χ0) is 19.9. The van der Waals surface area contributed by atoms with Crippen LogP contribution in [-0.4, -0.2) is 24.9 Å². The van der Waals surface area contributed by atoms with E-state index in [1.54, 1.807) is 6.07 Å². The highest BCUT2D eigenvalue weighted by molar-refractivity contribution is 5.99. The van der Waals surface area contributed by atoms with Crippen molar-refractivity contribution in [2.75, 3.05) is 18.4 Å². The van der Waals surface area contributed by atoms with Crippen molar-refractivity contribution in [1.82, 2.24) is 10.6 Å². The highest BCUT2D eigenvalue weighted by Gasteiger charge is 2.30. The predicted molar refractivity (Wildman–Crippen MR) is 96.2 cm³/mol. The van der Waals surface area contributed by atoms with E-state index in [0.717, 1.165) is 36.4 Å². The van der Waals surface area contributed by atoms with Gasteiger partial charge in [-0.25, -0.2) is 0 Å². The summed E-state index contributed by atoms with van der Waals surface area (Å²) < 4.78 is 37.6. The normalized spacial score (nSPS) is 11.1. The number of anilines is 1. The quantitative estimate of drug-likeness (QED) is 0.692. The number of halogens is 3. The number of amides is 2. The Kier molecular flexibility index (Phi) is 6.95. The predicted octanol–water partition coefficient (Wildman–Crippen LogP) is 3.18. The highest BCUT2D eigenvalue weighted by Crippen LogP contribution is 2.29. The van der Waals surface area contributed by atoms with Gasteiger partial charge in [0.25, 0.3) is 5.91 Å². The molecule has 0 spiro atoms. The van der Waals surface area contributed by atoms with Gasteiger partial charge in [-0.15, -0.1) is 0 Å². The van der Waals surface area contributed by atoms with Crippen molar-refractivity contribution in [3.05, 3.63) is 65.2 Å². The monoisotopic (exact) mass is 379 g/mol. The molecule has 0 saturated carbocycles. The van der Waals surface area contributed by atoms with Crippen LogP contribution in [-0.2, 0) is 17.5 Å². The molecule has 0 aliphatic carbocycles. The molecular weight excluding hydrogens is 359 g/mol. The lowest BCUT2D eigenvalue weighted by atomic mass is 10.1. The smallest absolute Gasteiger partial charge is 0.343 e. The molecule has 5 nitrogen and oxygen atoms in total. The Morgan fingerprint density at radius 1 is 1.04 bits per heavy atom. The van der Waals surface area contributed by atoms with Crippen molar-refractivity contribution >= 4 is 17.5 Å². The Hall–Kier alpha value is -2.87. The maximum absolute atomic E-state index is 12.5. The van der Waals surface area contributed by atoms with Crippen molar-refractivity contribution in [3.8, 4) is 0 Å². The molecule has 2 amide bonds. The Labute approximate surface area is 155 Å². The molecule has 0 atom stereocenters. The van der Waals surface area contributed by atoms with E-state index in [9.17, 15) is 22.8 Å². The number of rotatable bonds is 7. The molecule has 0 bridgehead atoms. The van der Waals surface area contributed by atoms with Crippen LogP contribution in [0, 0.1) is 0 Å². The van der Waals surface area contributed by atoms with E-state index in [1.165, 1.54) is 0 Å². The molecule has 0 unspecified atom stereocenters. The lowest BCUT2D eigenvalue weighted by Crippen LogP contribution is -2.32. The van der Waals surface area contributed by atoms with Crippen molar-refractivity contribution in [1.29, 1.82) is 0 Å². The van der Waals surface area contributed by atoms with Gasteiger partial charge >= 0.3 is 6.18 Å². The molecule has 3 N–H and O–H groups in total. The molecule has 8 heteroatoms. The van der Waals surface area contributed by atoms with Crippen molar-refractivity contribution in [3.63, 3.8) is 0 Å². The van der Waals surface area contributed by atoms with E-state index in [-0.39, 0.29) is 12.1 Å². The maximum atomic E-state index is 12.5. The molecule has 0 aliphatic rings. The summed E-state index contributed by atoms with van der Waals surface area (Å²) >= 11 is 0. The van der Waals surface area contributed by atoms with Gasteiger partial charge in [0, 0.05) is 17.8 Å². The molecule has 27 heavy (non-hydrogen) atoms. The van der Waals surface area contributed by atoms with Crippen LogP contribution in [0.4, 0.5) is 18.9 Å². The van der Waals surface area contributed by atoms with Gasteiger partial charge in [-0.1, -0.05) is 19.1 Å². The van der Waals surface area contributed by atoms with Crippen LogP contribution in [0.5, 0.6) is 0 Å². The fourth-order valence-corrected chi connectivity index (χ4v) is 2.31. The number of carbonyl (C=O) groups excluding carboxylic acids is 2. The summed E-state index contributed by atoms with van der Waals surface area (Å²) in [6.45, 7) is 3.19. The van der Waals surface area contributed by atoms with E-state index in [2.05, 4.69) is 16.0 Å². The van der Waals surface area contributed by atoms with E-state index < -0.39 is 23.6 Å². The largest absolute Gasteiger partial charge is 0.416 e. The average molecular weight is 379 g/mol. The molecule has 0 saturated heterocycles. The van der Waals surface area contributed by atoms with Crippen molar-refractivity contribution in [2.24, 2.45) is 0 Å². The summed E-state index contributed by atoms with van der Waals surface area (Å²) in [4.78, 5) is 23.9. The Balaban J connectivity index is 1.87. The maximum Gasteiger partial charge on any atom is 0.416 e. The minimum absolute atomic E-state index is 0.0448. The number of hydrogen-bond acceptors (Lipinski definition) is 3. The Bertz CT molecular complexity index is 790. The molecule has 0 aromatic heterocycles. The molecule has 0 aliphatic heterocycles. The lowest BCUT2D eigenvalue weighted by molar-refractivity contribution is -0.137. The number of alkyl halides is 3. The van der Waals surface area contributed by atoms with Crippen LogP contribution >= 0.6 is 0 Å². The first kappa shape index (κ1) is 20.4. The summed E-state index contributed by atoms with van der Waals surface area (Å²) in [5, 5.41) is 8.22. The van der Waals surface area contributed by atoms with Gasteiger partial charge in [-0.2, -0.15) is 13.2 Å². The molecule has 2 aromatic carbocycles. The Morgan fingerprint density at radius 2 is 1.74 bits per heavy atom.